The van der Waals surface area contributed by atoms with Gasteiger partial charge in [0.2, 0.25) is 4.96 Å². The molecule has 2 aromatic rings. The first-order valence-electron chi connectivity index (χ1n) is 7.32. The zero-order chi connectivity index (χ0) is 13.6. The molecule has 4 rings (SSSR count). The van der Waals surface area contributed by atoms with Gasteiger partial charge < -0.3 is 10.1 Å². The second-order valence-corrected chi connectivity index (χ2v) is 6.89. The predicted octanol–water partition coefficient (Wildman–Crippen LogP) is 1.68. The summed E-state index contributed by atoms with van der Waals surface area (Å²) < 4.78 is 7.39. The largest absolute Gasteiger partial charge is 0.381 e. The molecule has 20 heavy (non-hydrogen) atoms. The van der Waals surface area contributed by atoms with Crippen LogP contribution in [0.2, 0.25) is 0 Å². The van der Waals surface area contributed by atoms with Gasteiger partial charge in [0.05, 0.1) is 12.1 Å². The lowest BCUT2D eigenvalue weighted by Gasteiger charge is -2.32. The first-order chi connectivity index (χ1) is 9.76. The molecule has 2 atom stereocenters. The molecule has 1 N–H and O–H groups in total. The smallest absolute Gasteiger partial charge is 0.234 e. The van der Waals surface area contributed by atoms with Crippen LogP contribution in [0.3, 0.4) is 0 Å². The van der Waals surface area contributed by atoms with Crippen LogP contribution < -0.4 is 5.32 Å². The quantitative estimate of drug-likeness (QED) is 0.912. The third-order valence-corrected chi connectivity index (χ3v) is 5.56. The van der Waals surface area contributed by atoms with Gasteiger partial charge in [-0.1, -0.05) is 11.3 Å². The first kappa shape index (κ1) is 12.7. The highest BCUT2D eigenvalue weighted by atomic mass is 32.1. The van der Waals surface area contributed by atoms with Crippen molar-refractivity contribution in [3.05, 3.63) is 10.8 Å². The minimum Gasteiger partial charge on any atom is -0.381 e. The summed E-state index contributed by atoms with van der Waals surface area (Å²) in [5.41, 5.74) is -0.00688. The molecule has 0 aromatic carbocycles. The highest BCUT2D eigenvalue weighted by Crippen LogP contribution is 2.34. The van der Waals surface area contributed by atoms with Crippen molar-refractivity contribution < 1.29 is 4.74 Å². The Balaban J connectivity index is 1.71. The Hall–Kier alpha value is -1.05. The molecule has 0 amide bonds. The Labute approximate surface area is 121 Å². The number of nitrogens with one attached hydrogen (secondary N) is 1. The van der Waals surface area contributed by atoms with Gasteiger partial charge in [0.1, 0.15) is 5.01 Å². The summed E-state index contributed by atoms with van der Waals surface area (Å²) in [6, 6.07) is 0. The first-order valence-corrected chi connectivity index (χ1v) is 8.13. The minimum atomic E-state index is -0.00688. The molecule has 6 nitrogen and oxygen atoms in total. The molecule has 108 valence electrons. The van der Waals surface area contributed by atoms with Crippen LogP contribution in [0.5, 0.6) is 0 Å². The van der Waals surface area contributed by atoms with Crippen molar-refractivity contribution in [2.24, 2.45) is 0 Å². The van der Waals surface area contributed by atoms with Crippen molar-refractivity contribution in [1.29, 1.82) is 0 Å². The monoisotopic (exact) mass is 293 g/mol. The normalized spacial score (nSPS) is 31.1. The minimum absolute atomic E-state index is 0.00688. The summed E-state index contributed by atoms with van der Waals surface area (Å²) in [7, 11) is 0. The number of rotatable bonds is 2. The zero-order valence-electron chi connectivity index (χ0n) is 11.6. The van der Waals surface area contributed by atoms with E-state index in [0.29, 0.717) is 5.92 Å². The van der Waals surface area contributed by atoms with E-state index in [9.17, 15) is 0 Å². The van der Waals surface area contributed by atoms with Gasteiger partial charge in [0.15, 0.2) is 5.82 Å². The summed E-state index contributed by atoms with van der Waals surface area (Å²) in [6.45, 7) is 4.87. The second-order valence-electron chi connectivity index (χ2n) is 5.94. The number of fused-ring (bicyclic) bond motifs is 1. The van der Waals surface area contributed by atoms with Crippen molar-refractivity contribution in [3.8, 4) is 0 Å². The Kier molecular flexibility index (Phi) is 3.01. The molecule has 2 aliphatic heterocycles. The summed E-state index contributed by atoms with van der Waals surface area (Å²) in [6.07, 6.45) is 4.67. The third-order valence-electron chi connectivity index (χ3n) is 4.40. The van der Waals surface area contributed by atoms with Crippen molar-refractivity contribution in [2.45, 2.75) is 44.1 Å². The maximum absolute atomic E-state index is 5.45. The fourth-order valence-electron chi connectivity index (χ4n) is 3.09. The van der Waals surface area contributed by atoms with Crippen LogP contribution in [-0.2, 0) is 10.3 Å². The number of aromatic nitrogens is 4. The molecule has 0 saturated carbocycles. The molecule has 2 fully saturated rings. The van der Waals surface area contributed by atoms with Crippen LogP contribution in [0.4, 0.5) is 0 Å². The molecule has 4 heterocycles. The van der Waals surface area contributed by atoms with Crippen LogP contribution >= 0.6 is 11.3 Å². The topological polar surface area (TPSA) is 64.3 Å². The van der Waals surface area contributed by atoms with E-state index < -0.39 is 0 Å². The highest BCUT2D eigenvalue weighted by molar-refractivity contribution is 7.16. The average Bonchev–Trinajstić information content (AvgIpc) is 3.15. The van der Waals surface area contributed by atoms with Crippen LogP contribution in [0.25, 0.3) is 4.96 Å². The summed E-state index contributed by atoms with van der Waals surface area (Å²) in [4.78, 5) is 0.899. The van der Waals surface area contributed by atoms with Crippen molar-refractivity contribution in [1.82, 2.24) is 25.1 Å². The maximum Gasteiger partial charge on any atom is 0.234 e. The van der Waals surface area contributed by atoms with E-state index in [1.807, 2.05) is 4.52 Å². The van der Waals surface area contributed by atoms with E-state index in [-0.39, 0.29) is 5.54 Å². The lowest BCUT2D eigenvalue weighted by Crippen LogP contribution is -2.43. The molecule has 0 aliphatic carbocycles. The van der Waals surface area contributed by atoms with Gasteiger partial charge in [0.25, 0.3) is 0 Å². The molecule has 0 spiro atoms. The number of nitrogens with zero attached hydrogens (tertiary/aromatic N) is 4. The Morgan fingerprint density at radius 1 is 1.40 bits per heavy atom. The molecule has 2 aromatic heterocycles. The average molecular weight is 293 g/mol. The van der Waals surface area contributed by atoms with Gasteiger partial charge in [-0.3, -0.25) is 0 Å². The third kappa shape index (κ3) is 1.96. The molecule has 2 unspecified atom stereocenters. The number of piperidine rings is 1. The maximum atomic E-state index is 5.45. The molecule has 2 saturated heterocycles. The molecule has 2 aliphatic rings. The Morgan fingerprint density at radius 3 is 3.10 bits per heavy atom. The second kappa shape index (κ2) is 4.75. The summed E-state index contributed by atoms with van der Waals surface area (Å²) in [5.74, 6) is 1.30. The lowest BCUT2D eigenvalue weighted by atomic mass is 9.92. The van der Waals surface area contributed by atoms with E-state index in [4.69, 9.17) is 9.84 Å². The van der Waals surface area contributed by atoms with Crippen molar-refractivity contribution in [3.63, 3.8) is 0 Å². The van der Waals surface area contributed by atoms with E-state index >= 15 is 0 Å². The summed E-state index contributed by atoms with van der Waals surface area (Å²) >= 11 is 1.66. The standard InChI is InChI=1S/C13H19N5OS/c1-13(5-2-3-6-14-13)11-17-18-10(9-4-7-19-8-9)15-16-12(18)20-11/h9,14H,2-8H2,1H3. The number of ether oxygens (including phenoxy) is 1. The molecule has 7 heteroatoms. The number of hydrogen-bond acceptors (Lipinski definition) is 6. The van der Waals surface area contributed by atoms with Crippen molar-refractivity contribution >= 4 is 16.3 Å². The van der Waals surface area contributed by atoms with E-state index in [1.54, 1.807) is 11.3 Å². The van der Waals surface area contributed by atoms with Gasteiger partial charge in [0, 0.05) is 12.5 Å². The van der Waals surface area contributed by atoms with E-state index in [0.717, 1.165) is 48.4 Å². The van der Waals surface area contributed by atoms with Crippen LogP contribution in [-0.4, -0.2) is 39.6 Å². The molecular formula is C13H19N5OS. The van der Waals surface area contributed by atoms with Crippen molar-refractivity contribution in [2.75, 3.05) is 19.8 Å². The Morgan fingerprint density at radius 2 is 2.35 bits per heavy atom. The number of hydrogen-bond donors (Lipinski definition) is 1. The summed E-state index contributed by atoms with van der Waals surface area (Å²) in [5, 5.41) is 18.1. The van der Waals surface area contributed by atoms with Crippen LogP contribution in [0.1, 0.15) is 49.4 Å². The van der Waals surface area contributed by atoms with Crippen LogP contribution in [0.15, 0.2) is 0 Å². The van der Waals surface area contributed by atoms with Gasteiger partial charge in [-0.05, 0) is 39.2 Å². The zero-order valence-corrected chi connectivity index (χ0v) is 12.4. The van der Waals surface area contributed by atoms with Crippen LogP contribution in [0, 0.1) is 0 Å². The molecule has 0 bridgehead atoms. The van der Waals surface area contributed by atoms with Gasteiger partial charge in [-0.25, -0.2) is 0 Å². The lowest BCUT2D eigenvalue weighted by molar-refractivity contribution is 0.193. The van der Waals surface area contributed by atoms with Gasteiger partial charge in [-0.2, -0.15) is 9.61 Å². The fourth-order valence-corrected chi connectivity index (χ4v) is 4.08. The highest BCUT2D eigenvalue weighted by Gasteiger charge is 2.33. The van der Waals surface area contributed by atoms with E-state index in [1.165, 1.54) is 12.8 Å². The van der Waals surface area contributed by atoms with Gasteiger partial charge >= 0.3 is 0 Å². The van der Waals surface area contributed by atoms with E-state index in [2.05, 4.69) is 22.4 Å². The Bertz CT molecular complexity index is 609. The fraction of sp³-hybridized carbons (Fsp3) is 0.769. The molecule has 0 radical (unpaired) electrons. The predicted molar refractivity (Wildman–Crippen MR) is 76.0 cm³/mol. The molecular weight excluding hydrogens is 274 g/mol. The van der Waals surface area contributed by atoms with Gasteiger partial charge in [-0.15, -0.1) is 10.2 Å². The SMILES string of the molecule is CC1(c2nn3c(C4CCOC4)nnc3s2)CCCCN1.